The summed E-state index contributed by atoms with van der Waals surface area (Å²) in [4.78, 5) is 29.8. The zero-order chi connectivity index (χ0) is 17.4. The van der Waals surface area contributed by atoms with Crippen molar-refractivity contribution in [3.8, 4) is 0 Å². The van der Waals surface area contributed by atoms with Crippen LogP contribution in [-0.4, -0.2) is 15.3 Å². The van der Waals surface area contributed by atoms with E-state index in [4.69, 9.17) is 4.42 Å². The highest BCUT2D eigenvalue weighted by Gasteiger charge is 2.14. The molecule has 0 bridgehead atoms. The topological polar surface area (TPSA) is 76.6 Å². The van der Waals surface area contributed by atoms with Gasteiger partial charge in [-0.25, -0.2) is 4.98 Å². The maximum absolute atomic E-state index is 12.7. The number of nitrogens with zero attached hydrogens (tertiary/aromatic N) is 2. The van der Waals surface area contributed by atoms with E-state index in [0.717, 1.165) is 4.47 Å². The summed E-state index contributed by atoms with van der Waals surface area (Å²) >= 11 is 3.36. The molecule has 0 saturated heterocycles. The van der Waals surface area contributed by atoms with Crippen molar-refractivity contribution in [1.29, 1.82) is 0 Å². The van der Waals surface area contributed by atoms with Crippen LogP contribution < -0.4 is 10.9 Å². The molecule has 0 aliphatic rings. The Labute approximate surface area is 150 Å². The third-order valence-corrected chi connectivity index (χ3v) is 4.34. The van der Waals surface area contributed by atoms with Crippen LogP contribution in [0.1, 0.15) is 16.1 Å². The van der Waals surface area contributed by atoms with Gasteiger partial charge in [0.15, 0.2) is 5.65 Å². The number of fused-ring (bicyclic) bond motifs is 2. The predicted molar refractivity (Wildman–Crippen MR) is 96.5 cm³/mol. The van der Waals surface area contributed by atoms with E-state index in [1.54, 1.807) is 48.9 Å². The first-order chi connectivity index (χ1) is 12.1. The van der Waals surface area contributed by atoms with Crippen molar-refractivity contribution in [1.82, 2.24) is 14.7 Å². The van der Waals surface area contributed by atoms with Crippen molar-refractivity contribution >= 4 is 38.4 Å². The molecule has 0 saturated carbocycles. The van der Waals surface area contributed by atoms with Crippen molar-refractivity contribution in [2.75, 3.05) is 0 Å². The fourth-order valence-electron chi connectivity index (χ4n) is 2.65. The van der Waals surface area contributed by atoms with E-state index in [1.807, 2.05) is 6.07 Å². The van der Waals surface area contributed by atoms with E-state index in [-0.39, 0.29) is 18.0 Å². The average molecular weight is 398 g/mol. The molecule has 6 nitrogen and oxygen atoms in total. The summed E-state index contributed by atoms with van der Waals surface area (Å²) in [6, 6.07) is 12.1. The Morgan fingerprint density at radius 2 is 2.12 bits per heavy atom. The molecular weight excluding hydrogens is 386 g/mol. The van der Waals surface area contributed by atoms with Crippen LogP contribution in [0.4, 0.5) is 0 Å². The van der Waals surface area contributed by atoms with Gasteiger partial charge in [0.2, 0.25) is 0 Å². The van der Waals surface area contributed by atoms with Gasteiger partial charge in [-0.2, -0.15) is 0 Å². The second-order valence-corrected chi connectivity index (χ2v) is 6.37. The monoisotopic (exact) mass is 397 g/mol. The Kier molecular flexibility index (Phi) is 3.85. The van der Waals surface area contributed by atoms with Crippen molar-refractivity contribution < 1.29 is 9.21 Å². The summed E-state index contributed by atoms with van der Waals surface area (Å²) < 4.78 is 7.39. The van der Waals surface area contributed by atoms with Gasteiger partial charge >= 0.3 is 0 Å². The Bertz CT molecular complexity index is 1150. The smallest absolute Gasteiger partial charge is 0.265 e. The van der Waals surface area contributed by atoms with Crippen molar-refractivity contribution in [3.05, 3.63) is 81.1 Å². The second-order valence-electron chi connectivity index (χ2n) is 5.46. The van der Waals surface area contributed by atoms with Gasteiger partial charge in [-0.1, -0.05) is 15.9 Å². The molecule has 4 aromatic rings. The molecular formula is C18H12BrN3O3. The van der Waals surface area contributed by atoms with Crippen LogP contribution in [0.3, 0.4) is 0 Å². The highest BCUT2D eigenvalue weighted by Crippen LogP contribution is 2.17. The summed E-state index contributed by atoms with van der Waals surface area (Å²) in [6.07, 6.45) is 3.15. The van der Waals surface area contributed by atoms with Gasteiger partial charge in [-0.3, -0.25) is 14.0 Å². The number of hydrogen-bond acceptors (Lipinski definition) is 4. The van der Waals surface area contributed by atoms with Gasteiger partial charge in [-0.05, 0) is 42.5 Å². The van der Waals surface area contributed by atoms with Crippen LogP contribution in [0.25, 0.3) is 16.6 Å². The Hall–Kier alpha value is -2.93. The first kappa shape index (κ1) is 15.6. The van der Waals surface area contributed by atoms with Crippen LogP contribution in [0.15, 0.2) is 68.6 Å². The van der Waals surface area contributed by atoms with E-state index >= 15 is 0 Å². The normalized spacial score (nSPS) is 11.1. The molecule has 1 aromatic carbocycles. The van der Waals surface area contributed by atoms with Crippen LogP contribution >= 0.6 is 15.9 Å². The van der Waals surface area contributed by atoms with Crippen LogP contribution in [-0.2, 0) is 6.54 Å². The molecule has 0 spiro atoms. The Morgan fingerprint density at radius 1 is 1.24 bits per heavy atom. The van der Waals surface area contributed by atoms with Crippen LogP contribution in [0.2, 0.25) is 0 Å². The number of rotatable bonds is 3. The molecule has 0 aliphatic heterocycles. The molecule has 0 fully saturated rings. The number of benzene rings is 1. The molecule has 4 rings (SSSR count). The number of carbonyl (C=O) groups is 1. The van der Waals surface area contributed by atoms with E-state index < -0.39 is 0 Å². The summed E-state index contributed by atoms with van der Waals surface area (Å²) in [7, 11) is 0. The zero-order valence-electron chi connectivity index (χ0n) is 12.9. The van der Waals surface area contributed by atoms with Crippen LogP contribution in [0.5, 0.6) is 0 Å². The summed E-state index contributed by atoms with van der Waals surface area (Å²) in [6.45, 7) is 0.262. The molecule has 0 atom stereocenters. The standard InChI is InChI=1S/C18H12BrN3O3/c19-11-5-6-15-14(9-11)18(24)22-7-1-4-13(16(22)21-15)17(23)20-10-12-3-2-8-25-12/h1-9H,10H2,(H,20,23). The third-order valence-electron chi connectivity index (χ3n) is 3.85. The number of aromatic nitrogens is 2. The van der Waals surface area contributed by atoms with Crippen molar-refractivity contribution in [2.24, 2.45) is 0 Å². The number of halogens is 1. The molecule has 0 radical (unpaired) electrons. The van der Waals surface area contributed by atoms with E-state index in [0.29, 0.717) is 27.9 Å². The van der Waals surface area contributed by atoms with E-state index in [1.165, 1.54) is 4.40 Å². The number of nitrogens with one attached hydrogen (secondary N) is 1. The second kappa shape index (κ2) is 6.18. The quantitative estimate of drug-likeness (QED) is 0.538. The lowest BCUT2D eigenvalue weighted by Crippen LogP contribution is -2.25. The van der Waals surface area contributed by atoms with E-state index in [9.17, 15) is 9.59 Å². The van der Waals surface area contributed by atoms with Gasteiger partial charge in [0.05, 0.1) is 29.3 Å². The Balaban J connectivity index is 1.81. The Morgan fingerprint density at radius 3 is 2.92 bits per heavy atom. The summed E-state index contributed by atoms with van der Waals surface area (Å²) in [5.41, 5.74) is 0.969. The molecule has 7 heteroatoms. The molecule has 3 aromatic heterocycles. The minimum absolute atomic E-state index is 0.220. The third kappa shape index (κ3) is 2.83. The lowest BCUT2D eigenvalue weighted by atomic mass is 10.2. The zero-order valence-corrected chi connectivity index (χ0v) is 14.5. The number of furan rings is 1. The van der Waals surface area contributed by atoms with Gasteiger partial charge in [0.1, 0.15) is 5.76 Å². The predicted octanol–water partition coefficient (Wildman–Crippen LogP) is 3.13. The molecule has 0 aliphatic carbocycles. The minimum Gasteiger partial charge on any atom is -0.467 e. The largest absolute Gasteiger partial charge is 0.467 e. The van der Waals surface area contributed by atoms with Crippen molar-refractivity contribution in [3.63, 3.8) is 0 Å². The number of hydrogen-bond donors (Lipinski definition) is 1. The molecule has 3 heterocycles. The fourth-order valence-corrected chi connectivity index (χ4v) is 3.01. The fraction of sp³-hybridized carbons (Fsp3) is 0.0556. The molecule has 1 amide bonds. The highest BCUT2D eigenvalue weighted by atomic mass is 79.9. The summed E-state index contributed by atoms with van der Waals surface area (Å²) in [5.74, 6) is 0.326. The molecule has 25 heavy (non-hydrogen) atoms. The minimum atomic E-state index is -0.321. The maximum Gasteiger partial charge on any atom is 0.265 e. The lowest BCUT2D eigenvalue weighted by molar-refractivity contribution is 0.0949. The number of carbonyl (C=O) groups excluding carboxylic acids is 1. The van der Waals surface area contributed by atoms with Gasteiger partial charge in [-0.15, -0.1) is 0 Å². The molecule has 0 unspecified atom stereocenters. The van der Waals surface area contributed by atoms with Gasteiger partial charge in [0, 0.05) is 10.7 Å². The maximum atomic E-state index is 12.7. The van der Waals surface area contributed by atoms with E-state index in [2.05, 4.69) is 26.2 Å². The SMILES string of the molecule is O=C(NCc1ccco1)c1cccn2c(=O)c3cc(Br)ccc3nc12. The first-order valence-electron chi connectivity index (χ1n) is 7.55. The average Bonchev–Trinajstić information content (AvgIpc) is 3.14. The number of pyridine rings is 1. The highest BCUT2D eigenvalue weighted by molar-refractivity contribution is 9.10. The van der Waals surface area contributed by atoms with Crippen molar-refractivity contribution in [2.45, 2.75) is 6.54 Å². The van der Waals surface area contributed by atoms with Crippen LogP contribution in [0, 0.1) is 0 Å². The summed E-state index contributed by atoms with van der Waals surface area (Å²) in [5, 5.41) is 3.26. The molecule has 124 valence electrons. The number of amides is 1. The van der Waals surface area contributed by atoms with Gasteiger partial charge < -0.3 is 9.73 Å². The molecule has 1 N–H and O–H groups in total. The lowest BCUT2D eigenvalue weighted by Gasteiger charge is -2.09. The first-order valence-corrected chi connectivity index (χ1v) is 8.34. The van der Waals surface area contributed by atoms with Gasteiger partial charge in [0.25, 0.3) is 11.5 Å².